The Morgan fingerprint density at radius 2 is 1.68 bits per heavy atom. The number of hydrogen-bond acceptors (Lipinski definition) is 7. The molecule has 2 aromatic carbocycles. The molecule has 3 rings (SSSR count). The standard InChI is InChI=1S/C20H22FN5O2/c1-27-17-6-8-18(9-7-17)28-13-12-22-19-14-24-26-20(25-19)23-11-10-15-2-4-16(21)5-3-15/h2-9,14H,10-13H2,1H3,(H2,22,23,25,26). The number of nitrogens with one attached hydrogen (secondary N) is 2. The van der Waals surface area contributed by atoms with Gasteiger partial charge in [-0.25, -0.2) is 4.39 Å². The maximum atomic E-state index is 12.9. The van der Waals surface area contributed by atoms with Crippen LogP contribution in [-0.2, 0) is 6.42 Å². The molecule has 7 nitrogen and oxygen atoms in total. The summed E-state index contributed by atoms with van der Waals surface area (Å²) >= 11 is 0. The molecule has 0 atom stereocenters. The van der Waals surface area contributed by atoms with E-state index in [2.05, 4.69) is 25.8 Å². The molecular formula is C20H22FN5O2. The summed E-state index contributed by atoms with van der Waals surface area (Å²) in [6, 6.07) is 13.8. The van der Waals surface area contributed by atoms with Gasteiger partial charge in [0.2, 0.25) is 5.95 Å². The first-order chi connectivity index (χ1) is 13.7. The van der Waals surface area contributed by atoms with Crippen molar-refractivity contribution < 1.29 is 13.9 Å². The quantitative estimate of drug-likeness (QED) is 0.521. The fraction of sp³-hybridized carbons (Fsp3) is 0.250. The van der Waals surface area contributed by atoms with E-state index >= 15 is 0 Å². The summed E-state index contributed by atoms with van der Waals surface area (Å²) in [5, 5.41) is 14.2. The molecular weight excluding hydrogens is 361 g/mol. The second-order valence-corrected chi connectivity index (χ2v) is 5.92. The number of hydrogen-bond donors (Lipinski definition) is 2. The van der Waals surface area contributed by atoms with Gasteiger partial charge in [0, 0.05) is 6.54 Å². The van der Waals surface area contributed by atoms with Crippen molar-refractivity contribution in [2.75, 3.05) is 37.4 Å². The van der Waals surface area contributed by atoms with Gasteiger partial charge in [0.15, 0.2) is 5.82 Å². The van der Waals surface area contributed by atoms with E-state index in [0.29, 0.717) is 31.5 Å². The van der Waals surface area contributed by atoms with Crippen molar-refractivity contribution in [1.82, 2.24) is 15.2 Å². The number of aromatic nitrogens is 3. The molecule has 0 amide bonds. The van der Waals surface area contributed by atoms with Crippen LogP contribution in [0.1, 0.15) is 5.56 Å². The van der Waals surface area contributed by atoms with Gasteiger partial charge in [-0.2, -0.15) is 10.1 Å². The fourth-order valence-electron chi connectivity index (χ4n) is 2.45. The third kappa shape index (κ3) is 6.08. The molecule has 28 heavy (non-hydrogen) atoms. The number of rotatable bonds is 10. The van der Waals surface area contributed by atoms with Crippen LogP contribution in [0, 0.1) is 5.82 Å². The highest BCUT2D eigenvalue weighted by Gasteiger charge is 2.01. The van der Waals surface area contributed by atoms with Crippen molar-refractivity contribution in [2.45, 2.75) is 6.42 Å². The van der Waals surface area contributed by atoms with Crippen molar-refractivity contribution in [1.29, 1.82) is 0 Å². The zero-order valence-corrected chi connectivity index (χ0v) is 15.6. The van der Waals surface area contributed by atoms with Crippen molar-refractivity contribution >= 4 is 11.8 Å². The highest BCUT2D eigenvalue weighted by molar-refractivity contribution is 5.37. The molecule has 1 heterocycles. The van der Waals surface area contributed by atoms with E-state index in [1.165, 1.54) is 12.1 Å². The minimum Gasteiger partial charge on any atom is -0.497 e. The van der Waals surface area contributed by atoms with Crippen LogP contribution < -0.4 is 20.1 Å². The van der Waals surface area contributed by atoms with Gasteiger partial charge >= 0.3 is 0 Å². The van der Waals surface area contributed by atoms with Crippen LogP contribution in [0.3, 0.4) is 0 Å². The van der Waals surface area contributed by atoms with Crippen molar-refractivity contribution in [3.8, 4) is 11.5 Å². The van der Waals surface area contributed by atoms with Crippen LogP contribution in [0.5, 0.6) is 11.5 Å². The first-order valence-electron chi connectivity index (χ1n) is 8.92. The summed E-state index contributed by atoms with van der Waals surface area (Å²) in [7, 11) is 1.63. The Hall–Kier alpha value is -3.42. The molecule has 0 fully saturated rings. The van der Waals surface area contributed by atoms with E-state index in [1.54, 1.807) is 25.4 Å². The zero-order chi connectivity index (χ0) is 19.6. The predicted octanol–water partition coefficient (Wildman–Crippen LogP) is 3.16. The average Bonchev–Trinajstić information content (AvgIpc) is 2.73. The third-order valence-corrected chi connectivity index (χ3v) is 3.91. The van der Waals surface area contributed by atoms with Crippen LogP contribution in [0.25, 0.3) is 0 Å². The largest absolute Gasteiger partial charge is 0.497 e. The molecule has 0 aliphatic carbocycles. The Bertz CT molecular complexity index is 859. The van der Waals surface area contributed by atoms with Crippen LogP contribution >= 0.6 is 0 Å². The van der Waals surface area contributed by atoms with Crippen LogP contribution in [-0.4, -0.2) is 42.0 Å². The fourth-order valence-corrected chi connectivity index (χ4v) is 2.45. The van der Waals surface area contributed by atoms with Gasteiger partial charge < -0.3 is 20.1 Å². The van der Waals surface area contributed by atoms with E-state index in [-0.39, 0.29) is 5.82 Å². The summed E-state index contributed by atoms with van der Waals surface area (Å²) < 4.78 is 23.7. The van der Waals surface area contributed by atoms with E-state index in [0.717, 1.165) is 23.5 Å². The Balaban J connectivity index is 1.39. The number of ether oxygens (including phenoxy) is 2. The number of methoxy groups -OCH3 is 1. The molecule has 0 saturated heterocycles. The number of nitrogens with zero attached hydrogens (tertiary/aromatic N) is 3. The van der Waals surface area contributed by atoms with Crippen LogP contribution in [0.4, 0.5) is 16.2 Å². The second kappa shape index (κ2) is 10.1. The minimum atomic E-state index is -0.237. The summed E-state index contributed by atoms with van der Waals surface area (Å²) in [6.07, 6.45) is 2.29. The molecule has 0 aliphatic heterocycles. The van der Waals surface area contributed by atoms with Gasteiger partial charge in [0.1, 0.15) is 23.9 Å². The van der Waals surface area contributed by atoms with E-state index in [4.69, 9.17) is 9.47 Å². The lowest BCUT2D eigenvalue weighted by Crippen LogP contribution is -2.14. The molecule has 1 aromatic heterocycles. The Labute approximate surface area is 162 Å². The van der Waals surface area contributed by atoms with E-state index in [9.17, 15) is 4.39 Å². The number of halogens is 1. The topological polar surface area (TPSA) is 81.2 Å². The summed E-state index contributed by atoms with van der Waals surface area (Å²) in [4.78, 5) is 4.36. The molecule has 0 unspecified atom stereocenters. The SMILES string of the molecule is COc1ccc(OCCNc2cnnc(NCCc3ccc(F)cc3)n2)cc1. The van der Waals surface area contributed by atoms with Crippen molar-refractivity contribution in [2.24, 2.45) is 0 Å². The molecule has 146 valence electrons. The first kappa shape index (κ1) is 19.3. The third-order valence-electron chi connectivity index (χ3n) is 3.91. The van der Waals surface area contributed by atoms with Crippen molar-refractivity contribution in [3.63, 3.8) is 0 Å². The molecule has 0 spiro atoms. The van der Waals surface area contributed by atoms with E-state index in [1.807, 2.05) is 24.3 Å². The summed E-state index contributed by atoms with van der Waals surface area (Å²) in [5.41, 5.74) is 1.03. The Kier molecular flexibility index (Phi) is 6.95. The summed E-state index contributed by atoms with van der Waals surface area (Å²) in [6.45, 7) is 1.67. The lowest BCUT2D eigenvalue weighted by molar-refractivity contribution is 0.331. The van der Waals surface area contributed by atoms with Crippen LogP contribution in [0.2, 0.25) is 0 Å². The van der Waals surface area contributed by atoms with E-state index < -0.39 is 0 Å². The lowest BCUT2D eigenvalue weighted by atomic mass is 10.1. The van der Waals surface area contributed by atoms with Gasteiger partial charge in [0.25, 0.3) is 0 Å². The smallest absolute Gasteiger partial charge is 0.244 e. The summed E-state index contributed by atoms with van der Waals surface area (Å²) in [5.74, 6) is 2.36. The molecule has 2 N–H and O–H groups in total. The average molecular weight is 383 g/mol. The molecule has 0 saturated carbocycles. The molecule has 3 aromatic rings. The normalized spacial score (nSPS) is 10.4. The van der Waals surface area contributed by atoms with Gasteiger partial charge in [-0.15, -0.1) is 5.10 Å². The maximum absolute atomic E-state index is 12.9. The highest BCUT2D eigenvalue weighted by Crippen LogP contribution is 2.16. The van der Waals surface area contributed by atoms with Gasteiger partial charge in [-0.1, -0.05) is 12.1 Å². The predicted molar refractivity (Wildman–Crippen MR) is 105 cm³/mol. The first-order valence-corrected chi connectivity index (χ1v) is 8.92. The number of benzene rings is 2. The number of anilines is 2. The molecule has 0 bridgehead atoms. The Morgan fingerprint density at radius 1 is 0.929 bits per heavy atom. The zero-order valence-electron chi connectivity index (χ0n) is 15.6. The Morgan fingerprint density at radius 3 is 2.43 bits per heavy atom. The second-order valence-electron chi connectivity index (χ2n) is 5.92. The maximum Gasteiger partial charge on any atom is 0.244 e. The highest BCUT2D eigenvalue weighted by atomic mass is 19.1. The molecule has 0 aliphatic rings. The molecule has 8 heteroatoms. The lowest BCUT2D eigenvalue weighted by Gasteiger charge is -2.09. The van der Waals surface area contributed by atoms with Gasteiger partial charge in [-0.3, -0.25) is 0 Å². The van der Waals surface area contributed by atoms with Gasteiger partial charge in [-0.05, 0) is 48.4 Å². The van der Waals surface area contributed by atoms with Gasteiger partial charge in [0.05, 0.1) is 19.9 Å². The van der Waals surface area contributed by atoms with Crippen molar-refractivity contribution in [3.05, 3.63) is 66.1 Å². The molecule has 0 radical (unpaired) electrons. The monoisotopic (exact) mass is 383 g/mol. The van der Waals surface area contributed by atoms with Crippen LogP contribution in [0.15, 0.2) is 54.7 Å². The minimum absolute atomic E-state index is 0.237.